The molecule has 1 aliphatic heterocycles. The van der Waals surface area contributed by atoms with E-state index in [1.54, 1.807) is 23.1 Å². The maximum atomic E-state index is 13.8. The molecule has 1 saturated heterocycles. The van der Waals surface area contributed by atoms with Crippen molar-refractivity contribution in [1.82, 2.24) is 9.88 Å². The average molecular weight is 388 g/mol. The molecule has 0 spiro atoms. The van der Waals surface area contributed by atoms with Crippen molar-refractivity contribution in [3.63, 3.8) is 0 Å². The van der Waals surface area contributed by atoms with Crippen molar-refractivity contribution >= 4 is 23.2 Å². The molecule has 5 nitrogen and oxygen atoms in total. The normalized spacial score (nSPS) is 24.6. The minimum atomic E-state index is -0.936. The number of likely N-dealkylation sites (tertiary alicyclic amines) is 1. The summed E-state index contributed by atoms with van der Waals surface area (Å²) in [7, 11) is 0. The lowest BCUT2D eigenvalue weighted by Gasteiger charge is -2.32. The lowest BCUT2D eigenvalue weighted by atomic mass is 9.85. The standard InChI is InChI=1S/C20H21FN2O3S/c21-14-7-3-1-5-12(14)10-18-22-11-17(27-18)19(24)23-15-8-4-2-6-13(15)9-16(23)20(25)26/h1,3,5,7,11,13,15-16H,2,4,6,8-10H2,(H,25,26). The molecule has 1 aromatic heterocycles. The fourth-order valence-corrected chi connectivity index (χ4v) is 5.28. The van der Waals surface area contributed by atoms with Crippen LogP contribution in [-0.2, 0) is 11.2 Å². The van der Waals surface area contributed by atoms with Gasteiger partial charge in [-0.1, -0.05) is 31.0 Å². The quantitative estimate of drug-likeness (QED) is 0.866. The Bertz CT molecular complexity index is 868. The zero-order valence-corrected chi connectivity index (χ0v) is 15.6. The number of halogens is 1. The molecule has 7 heteroatoms. The van der Waals surface area contributed by atoms with Crippen LogP contribution in [0.5, 0.6) is 0 Å². The van der Waals surface area contributed by atoms with E-state index in [9.17, 15) is 19.1 Å². The Labute approximate surface area is 160 Å². The first-order valence-electron chi connectivity index (χ1n) is 9.28. The highest BCUT2D eigenvalue weighted by atomic mass is 32.1. The van der Waals surface area contributed by atoms with Gasteiger partial charge in [-0.05, 0) is 36.8 Å². The van der Waals surface area contributed by atoms with Crippen molar-refractivity contribution in [2.45, 2.75) is 50.6 Å². The molecule has 1 aromatic carbocycles. The molecule has 142 valence electrons. The van der Waals surface area contributed by atoms with Crippen molar-refractivity contribution in [2.75, 3.05) is 0 Å². The van der Waals surface area contributed by atoms with E-state index in [0.29, 0.717) is 28.3 Å². The molecule has 0 radical (unpaired) electrons. The number of aromatic nitrogens is 1. The number of rotatable bonds is 4. The van der Waals surface area contributed by atoms with E-state index < -0.39 is 12.0 Å². The highest BCUT2D eigenvalue weighted by molar-refractivity contribution is 7.13. The summed E-state index contributed by atoms with van der Waals surface area (Å²) in [4.78, 5) is 31.1. The number of fused-ring (bicyclic) bond motifs is 1. The third-order valence-electron chi connectivity index (χ3n) is 5.67. The van der Waals surface area contributed by atoms with Gasteiger partial charge in [0.2, 0.25) is 0 Å². The van der Waals surface area contributed by atoms with Crippen LogP contribution in [-0.4, -0.2) is 39.0 Å². The maximum absolute atomic E-state index is 13.8. The number of carboxylic acids is 1. The number of aliphatic carboxylic acids is 1. The van der Waals surface area contributed by atoms with Crippen LogP contribution in [0.25, 0.3) is 0 Å². The number of carboxylic acid groups (broad SMARTS) is 1. The largest absolute Gasteiger partial charge is 0.480 e. The second-order valence-corrected chi connectivity index (χ2v) is 8.42. The summed E-state index contributed by atoms with van der Waals surface area (Å²) in [6, 6.07) is 5.75. The monoisotopic (exact) mass is 388 g/mol. The zero-order valence-electron chi connectivity index (χ0n) is 14.8. The molecule has 1 amide bonds. The van der Waals surface area contributed by atoms with Gasteiger partial charge in [-0.25, -0.2) is 14.2 Å². The number of nitrogens with zero attached hydrogens (tertiary/aromatic N) is 2. The van der Waals surface area contributed by atoms with Crippen molar-refractivity contribution in [3.05, 3.63) is 51.7 Å². The second-order valence-electron chi connectivity index (χ2n) is 7.30. The number of carbonyl (C=O) groups is 2. The van der Waals surface area contributed by atoms with Gasteiger partial charge in [0.05, 0.1) is 11.2 Å². The topological polar surface area (TPSA) is 70.5 Å². The molecule has 4 rings (SSSR count). The molecule has 1 N–H and O–H groups in total. The lowest BCUT2D eigenvalue weighted by Crippen LogP contribution is -2.46. The van der Waals surface area contributed by atoms with Crippen LogP contribution in [0, 0.1) is 11.7 Å². The first kappa shape index (κ1) is 18.1. The predicted molar refractivity (Wildman–Crippen MR) is 99.3 cm³/mol. The second kappa shape index (κ2) is 7.38. The van der Waals surface area contributed by atoms with Gasteiger partial charge in [-0.3, -0.25) is 4.79 Å². The smallest absolute Gasteiger partial charge is 0.326 e. The highest BCUT2D eigenvalue weighted by Gasteiger charge is 2.48. The van der Waals surface area contributed by atoms with E-state index in [1.165, 1.54) is 23.6 Å². The van der Waals surface area contributed by atoms with Gasteiger partial charge in [0.1, 0.15) is 16.7 Å². The number of hydrogen-bond donors (Lipinski definition) is 1. The maximum Gasteiger partial charge on any atom is 0.326 e. The van der Waals surface area contributed by atoms with E-state index in [4.69, 9.17) is 0 Å². The molecule has 2 aromatic rings. The molecule has 3 atom stereocenters. The third-order valence-corrected chi connectivity index (χ3v) is 6.66. The van der Waals surface area contributed by atoms with Crippen molar-refractivity contribution in [3.8, 4) is 0 Å². The highest BCUT2D eigenvalue weighted by Crippen LogP contribution is 2.41. The molecule has 1 saturated carbocycles. The molecule has 3 unspecified atom stereocenters. The Balaban J connectivity index is 1.56. The van der Waals surface area contributed by atoms with Gasteiger partial charge in [0.25, 0.3) is 5.91 Å². The third kappa shape index (κ3) is 3.48. The first-order valence-corrected chi connectivity index (χ1v) is 10.1. The summed E-state index contributed by atoms with van der Waals surface area (Å²) >= 11 is 1.22. The van der Waals surface area contributed by atoms with Crippen molar-refractivity contribution in [1.29, 1.82) is 0 Å². The van der Waals surface area contributed by atoms with Crippen LogP contribution < -0.4 is 0 Å². The van der Waals surface area contributed by atoms with Crippen LogP contribution in [0.2, 0.25) is 0 Å². The fourth-order valence-electron chi connectivity index (χ4n) is 4.40. The summed E-state index contributed by atoms with van der Waals surface area (Å²) in [6.07, 6.45) is 6.33. The van der Waals surface area contributed by atoms with Crippen LogP contribution in [0.3, 0.4) is 0 Å². The molecule has 2 aliphatic rings. The number of benzene rings is 1. The summed E-state index contributed by atoms with van der Waals surface area (Å²) in [5.41, 5.74) is 0.530. The lowest BCUT2D eigenvalue weighted by molar-refractivity contribution is -0.141. The molecular formula is C20H21FN2O3S. The van der Waals surface area contributed by atoms with Crippen LogP contribution in [0.4, 0.5) is 4.39 Å². The Morgan fingerprint density at radius 2 is 2.04 bits per heavy atom. The van der Waals surface area contributed by atoms with E-state index in [-0.39, 0.29) is 23.7 Å². The first-order chi connectivity index (χ1) is 13.0. The van der Waals surface area contributed by atoms with Crippen LogP contribution in [0.1, 0.15) is 52.3 Å². The summed E-state index contributed by atoms with van der Waals surface area (Å²) in [5, 5.41) is 10.3. The van der Waals surface area contributed by atoms with Crippen molar-refractivity contribution < 1.29 is 19.1 Å². The minimum absolute atomic E-state index is 0.00414. The van der Waals surface area contributed by atoms with Gasteiger partial charge in [-0.2, -0.15) is 0 Å². The molecule has 1 aliphatic carbocycles. The van der Waals surface area contributed by atoms with E-state index in [0.717, 1.165) is 25.7 Å². The number of hydrogen-bond acceptors (Lipinski definition) is 4. The zero-order chi connectivity index (χ0) is 19.0. The summed E-state index contributed by atoms with van der Waals surface area (Å²) in [6.45, 7) is 0. The minimum Gasteiger partial charge on any atom is -0.480 e. The van der Waals surface area contributed by atoms with Crippen LogP contribution in [0.15, 0.2) is 30.5 Å². The van der Waals surface area contributed by atoms with E-state index >= 15 is 0 Å². The van der Waals surface area contributed by atoms with Gasteiger partial charge in [0, 0.05) is 12.5 Å². The summed E-state index contributed by atoms with van der Waals surface area (Å²) in [5.74, 6) is -1.21. The average Bonchev–Trinajstić information content (AvgIpc) is 3.28. The molecule has 0 bridgehead atoms. The predicted octanol–water partition coefficient (Wildman–Crippen LogP) is 3.73. The SMILES string of the molecule is O=C(O)C1CC2CCCCC2N1C(=O)c1cnc(Cc2ccccc2F)s1. The Morgan fingerprint density at radius 1 is 1.26 bits per heavy atom. The van der Waals surface area contributed by atoms with Gasteiger partial charge in [-0.15, -0.1) is 11.3 Å². The number of amides is 1. The Hall–Kier alpha value is -2.28. The molecular weight excluding hydrogens is 367 g/mol. The number of carbonyl (C=O) groups excluding carboxylic acids is 1. The van der Waals surface area contributed by atoms with E-state index in [2.05, 4.69) is 4.98 Å². The Morgan fingerprint density at radius 3 is 2.81 bits per heavy atom. The molecule has 2 heterocycles. The molecule has 2 fully saturated rings. The van der Waals surface area contributed by atoms with Gasteiger partial charge >= 0.3 is 5.97 Å². The molecule has 27 heavy (non-hydrogen) atoms. The number of thiazole rings is 1. The van der Waals surface area contributed by atoms with Crippen LogP contribution >= 0.6 is 11.3 Å². The Kier molecular flexibility index (Phi) is 4.95. The van der Waals surface area contributed by atoms with Crippen molar-refractivity contribution in [2.24, 2.45) is 5.92 Å². The fraction of sp³-hybridized carbons (Fsp3) is 0.450. The van der Waals surface area contributed by atoms with Gasteiger partial charge in [0.15, 0.2) is 0 Å². The summed E-state index contributed by atoms with van der Waals surface area (Å²) < 4.78 is 13.8. The van der Waals surface area contributed by atoms with Gasteiger partial charge < -0.3 is 10.0 Å². The van der Waals surface area contributed by atoms with E-state index in [1.807, 2.05) is 0 Å².